The summed E-state index contributed by atoms with van der Waals surface area (Å²) in [6, 6.07) is 1.98. The molecule has 0 aromatic heterocycles. The van der Waals surface area contributed by atoms with Crippen molar-refractivity contribution in [1.29, 1.82) is 0 Å². The number of imide groups is 1. The molecule has 0 unspecified atom stereocenters. The lowest BCUT2D eigenvalue weighted by atomic mass is 10.2. The van der Waals surface area contributed by atoms with E-state index in [-0.39, 0.29) is 22.0 Å². The fraction of sp³-hybridized carbons (Fsp3) is 0.308. The summed E-state index contributed by atoms with van der Waals surface area (Å²) in [6.07, 6.45) is 0. The largest absolute Gasteiger partial charge is 0.496 e. The van der Waals surface area contributed by atoms with Gasteiger partial charge in [0.05, 0.1) is 17.8 Å². The average molecular weight is 330 g/mol. The number of halogens is 1. The zero-order chi connectivity index (χ0) is 16.7. The van der Waals surface area contributed by atoms with Crippen LogP contribution in [0.15, 0.2) is 12.1 Å². The molecular weight excluding hydrogens is 314 g/mol. The van der Waals surface area contributed by atoms with Crippen LogP contribution < -0.4 is 21.1 Å². The van der Waals surface area contributed by atoms with Gasteiger partial charge in [-0.2, -0.15) is 0 Å². The van der Waals surface area contributed by atoms with Crippen molar-refractivity contribution in [3.63, 3.8) is 0 Å². The summed E-state index contributed by atoms with van der Waals surface area (Å²) >= 11 is 5.83. The van der Waals surface area contributed by atoms with Crippen molar-refractivity contribution in [3.05, 3.63) is 22.7 Å². The topological polar surface area (TPSA) is 120 Å². The van der Waals surface area contributed by atoms with E-state index in [9.17, 15) is 14.4 Å². The summed E-state index contributed by atoms with van der Waals surface area (Å²) in [6.45, 7) is 1.43. The number of rotatable bonds is 5. The van der Waals surface area contributed by atoms with Gasteiger partial charge in [-0.05, 0) is 13.0 Å². The van der Waals surface area contributed by atoms with Crippen molar-refractivity contribution in [3.8, 4) is 5.75 Å². The fourth-order valence-corrected chi connectivity index (χ4v) is 1.64. The minimum Gasteiger partial charge on any atom is -0.496 e. The zero-order valence-electron chi connectivity index (χ0n) is 12.1. The maximum atomic E-state index is 11.9. The predicted molar refractivity (Wildman–Crippen MR) is 79.9 cm³/mol. The third kappa shape index (κ3) is 4.81. The number of nitrogen functional groups attached to an aromatic ring is 1. The second-order valence-electron chi connectivity index (χ2n) is 4.06. The molecule has 0 aliphatic heterocycles. The number of ether oxygens (including phenoxy) is 2. The van der Waals surface area contributed by atoms with Crippen molar-refractivity contribution >= 4 is 35.2 Å². The molecule has 0 bridgehead atoms. The highest BCUT2D eigenvalue weighted by molar-refractivity contribution is 6.33. The van der Waals surface area contributed by atoms with Crippen LogP contribution in [0.5, 0.6) is 5.75 Å². The van der Waals surface area contributed by atoms with Gasteiger partial charge in [-0.15, -0.1) is 0 Å². The van der Waals surface area contributed by atoms with E-state index < -0.39 is 24.5 Å². The number of urea groups is 1. The van der Waals surface area contributed by atoms with E-state index in [1.54, 1.807) is 6.92 Å². The van der Waals surface area contributed by atoms with Gasteiger partial charge in [-0.3, -0.25) is 10.1 Å². The molecule has 1 rings (SSSR count). The van der Waals surface area contributed by atoms with Crippen LogP contribution in [0, 0.1) is 0 Å². The van der Waals surface area contributed by atoms with Gasteiger partial charge in [0.2, 0.25) is 0 Å². The Morgan fingerprint density at radius 2 is 2.00 bits per heavy atom. The average Bonchev–Trinajstić information content (AvgIpc) is 2.47. The van der Waals surface area contributed by atoms with E-state index in [0.717, 1.165) is 0 Å². The van der Waals surface area contributed by atoms with Gasteiger partial charge in [0.25, 0.3) is 5.91 Å². The Hall–Kier alpha value is -2.48. The van der Waals surface area contributed by atoms with E-state index in [1.165, 1.54) is 19.2 Å². The Morgan fingerprint density at radius 1 is 1.32 bits per heavy atom. The van der Waals surface area contributed by atoms with E-state index >= 15 is 0 Å². The second-order valence-corrected chi connectivity index (χ2v) is 4.46. The van der Waals surface area contributed by atoms with E-state index in [2.05, 4.69) is 5.32 Å². The van der Waals surface area contributed by atoms with Gasteiger partial charge in [-0.25, -0.2) is 9.59 Å². The molecule has 0 radical (unpaired) electrons. The van der Waals surface area contributed by atoms with Crippen LogP contribution in [0.3, 0.4) is 0 Å². The van der Waals surface area contributed by atoms with Crippen LogP contribution in [0.25, 0.3) is 0 Å². The number of anilines is 1. The molecule has 0 spiro atoms. The van der Waals surface area contributed by atoms with Crippen LogP contribution in [0.4, 0.5) is 10.5 Å². The maximum Gasteiger partial charge on any atom is 0.342 e. The molecule has 4 N–H and O–H groups in total. The van der Waals surface area contributed by atoms with Gasteiger partial charge < -0.3 is 20.5 Å². The zero-order valence-corrected chi connectivity index (χ0v) is 12.8. The summed E-state index contributed by atoms with van der Waals surface area (Å²) in [5.41, 5.74) is 5.86. The molecule has 0 aliphatic rings. The molecule has 0 saturated carbocycles. The highest BCUT2D eigenvalue weighted by Crippen LogP contribution is 2.29. The van der Waals surface area contributed by atoms with E-state index in [0.29, 0.717) is 6.54 Å². The van der Waals surface area contributed by atoms with Crippen LogP contribution in [-0.4, -0.2) is 38.2 Å². The molecule has 120 valence electrons. The molecule has 0 aliphatic carbocycles. The van der Waals surface area contributed by atoms with Gasteiger partial charge in [0, 0.05) is 12.6 Å². The Balaban J connectivity index is 2.68. The summed E-state index contributed by atoms with van der Waals surface area (Å²) in [5.74, 6) is -1.43. The van der Waals surface area contributed by atoms with Crippen molar-refractivity contribution in [2.45, 2.75) is 6.92 Å². The molecule has 0 heterocycles. The molecule has 1 aromatic carbocycles. The number of carbonyl (C=O) groups excluding carboxylic acids is 3. The first-order valence-electron chi connectivity index (χ1n) is 6.26. The Labute approximate surface area is 131 Å². The summed E-state index contributed by atoms with van der Waals surface area (Å²) in [5, 5.41) is 4.51. The molecule has 3 amide bonds. The summed E-state index contributed by atoms with van der Waals surface area (Å²) in [4.78, 5) is 34.5. The standard InChI is InChI=1S/C13H16ClN3O5/c1-3-16-13(20)17-11(18)6-22-12(19)7-4-8(14)9(15)5-10(7)21-2/h4-5H,3,6,15H2,1-2H3,(H2,16,17,18,20). The number of hydrogen-bond acceptors (Lipinski definition) is 6. The fourth-order valence-electron chi connectivity index (χ4n) is 1.47. The van der Waals surface area contributed by atoms with Crippen LogP contribution >= 0.6 is 11.6 Å². The highest BCUT2D eigenvalue weighted by Gasteiger charge is 2.18. The Morgan fingerprint density at radius 3 is 2.59 bits per heavy atom. The van der Waals surface area contributed by atoms with Crippen LogP contribution in [-0.2, 0) is 9.53 Å². The van der Waals surface area contributed by atoms with Crippen molar-refractivity contribution in [2.24, 2.45) is 0 Å². The number of methoxy groups -OCH3 is 1. The number of amides is 3. The minimum absolute atomic E-state index is 0.0208. The van der Waals surface area contributed by atoms with Crippen LogP contribution in [0.1, 0.15) is 17.3 Å². The number of carbonyl (C=O) groups is 3. The van der Waals surface area contributed by atoms with Crippen molar-refractivity contribution in [1.82, 2.24) is 10.6 Å². The number of benzene rings is 1. The van der Waals surface area contributed by atoms with Crippen molar-refractivity contribution in [2.75, 3.05) is 26.0 Å². The highest BCUT2D eigenvalue weighted by atomic mass is 35.5. The third-order valence-electron chi connectivity index (χ3n) is 2.46. The van der Waals surface area contributed by atoms with Gasteiger partial charge >= 0.3 is 12.0 Å². The lowest BCUT2D eigenvalue weighted by molar-refractivity contribution is -0.123. The molecule has 0 atom stereocenters. The number of nitrogens with two attached hydrogens (primary N) is 1. The molecule has 22 heavy (non-hydrogen) atoms. The third-order valence-corrected chi connectivity index (χ3v) is 2.79. The Kier molecular flexibility index (Phi) is 6.46. The van der Waals surface area contributed by atoms with E-state index in [4.69, 9.17) is 26.8 Å². The predicted octanol–water partition coefficient (Wildman–Crippen LogP) is 0.933. The molecule has 9 heteroatoms. The summed E-state index contributed by atoms with van der Waals surface area (Å²) in [7, 11) is 1.35. The maximum absolute atomic E-state index is 11.9. The number of esters is 1. The smallest absolute Gasteiger partial charge is 0.342 e. The number of hydrogen-bond donors (Lipinski definition) is 3. The SMILES string of the molecule is CCNC(=O)NC(=O)COC(=O)c1cc(Cl)c(N)cc1OC. The van der Waals surface area contributed by atoms with Crippen LogP contribution in [0.2, 0.25) is 5.02 Å². The monoisotopic (exact) mass is 329 g/mol. The van der Waals surface area contributed by atoms with E-state index in [1.807, 2.05) is 5.32 Å². The van der Waals surface area contributed by atoms with Gasteiger partial charge in [0.15, 0.2) is 6.61 Å². The lowest BCUT2D eigenvalue weighted by Crippen LogP contribution is -2.41. The normalized spacial score (nSPS) is 9.77. The lowest BCUT2D eigenvalue weighted by Gasteiger charge is -2.10. The first kappa shape index (κ1) is 17.6. The quantitative estimate of drug-likeness (QED) is 0.546. The summed E-state index contributed by atoms with van der Waals surface area (Å²) < 4.78 is 9.80. The first-order chi connectivity index (χ1) is 10.4. The minimum atomic E-state index is -0.829. The number of nitrogens with one attached hydrogen (secondary N) is 2. The molecule has 8 nitrogen and oxygen atoms in total. The van der Waals surface area contributed by atoms with Gasteiger partial charge in [0.1, 0.15) is 11.3 Å². The second kappa shape index (κ2) is 8.08. The molecular formula is C13H16ClN3O5. The molecule has 0 fully saturated rings. The Bertz CT molecular complexity index is 591. The van der Waals surface area contributed by atoms with Crippen molar-refractivity contribution < 1.29 is 23.9 Å². The molecule has 0 saturated heterocycles. The van der Waals surface area contributed by atoms with Gasteiger partial charge in [-0.1, -0.05) is 11.6 Å². The molecule has 1 aromatic rings. The first-order valence-corrected chi connectivity index (χ1v) is 6.64.